The molecule has 0 radical (unpaired) electrons. The summed E-state index contributed by atoms with van der Waals surface area (Å²) in [6.45, 7) is 8.02. The molecule has 4 nitrogen and oxygen atoms in total. The van der Waals surface area contributed by atoms with Crippen LogP contribution < -0.4 is 10.1 Å². The lowest BCUT2D eigenvalue weighted by molar-refractivity contribution is 0.293. The zero-order valence-electron chi connectivity index (χ0n) is 12.8. The zero-order chi connectivity index (χ0) is 15.2. The number of rotatable bonds is 7. The van der Waals surface area contributed by atoms with Gasteiger partial charge in [0.25, 0.3) is 0 Å². The lowest BCUT2D eigenvalue weighted by Gasteiger charge is -2.15. The summed E-state index contributed by atoms with van der Waals surface area (Å²) in [5.41, 5.74) is 1.63. The predicted octanol–water partition coefficient (Wildman–Crippen LogP) is 3.29. The lowest BCUT2D eigenvalue weighted by atomic mass is 10.1. The molecule has 0 fully saturated rings. The van der Waals surface area contributed by atoms with Crippen LogP contribution in [0.15, 0.2) is 30.7 Å². The number of hydrogen-bond acceptors (Lipinski definition) is 3. The number of imidazole rings is 1. The molecule has 1 aromatic carbocycles. The van der Waals surface area contributed by atoms with Crippen LogP contribution in [0.2, 0.25) is 0 Å². The second-order valence-electron chi connectivity index (χ2n) is 4.92. The zero-order valence-corrected chi connectivity index (χ0v) is 12.8. The molecular weight excluding hydrogens is 269 g/mol. The Hall–Kier alpha value is -1.88. The topological polar surface area (TPSA) is 39.1 Å². The summed E-state index contributed by atoms with van der Waals surface area (Å²) in [5, 5.41) is 3.20. The summed E-state index contributed by atoms with van der Waals surface area (Å²) >= 11 is 0. The number of aryl methyl sites for hydroxylation is 1. The first-order valence-electron chi connectivity index (χ1n) is 7.30. The molecule has 0 saturated carbocycles. The third-order valence-corrected chi connectivity index (χ3v) is 3.47. The minimum absolute atomic E-state index is 0.00873. The average Bonchev–Trinajstić information content (AvgIpc) is 2.92. The van der Waals surface area contributed by atoms with Crippen LogP contribution in [0.4, 0.5) is 4.39 Å². The fourth-order valence-electron chi connectivity index (χ4n) is 2.28. The molecule has 0 bridgehead atoms. The van der Waals surface area contributed by atoms with Crippen LogP contribution in [0.5, 0.6) is 5.75 Å². The van der Waals surface area contributed by atoms with Gasteiger partial charge in [-0.3, -0.25) is 0 Å². The van der Waals surface area contributed by atoms with E-state index in [1.54, 1.807) is 24.7 Å². The Morgan fingerprint density at radius 1 is 1.38 bits per heavy atom. The van der Waals surface area contributed by atoms with Gasteiger partial charge in [0.1, 0.15) is 18.2 Å². The van der Waals surface area contributed by atoms with Gasteiger partial charge in [0, 0.05) is 24.2 Å². The molecule has 0 aliphatic rings. The summed E-state index contributed by atoms with van der Waals surface area (Å²) in [6.07, 6.45) is 3.53. The number of aromatic nitrogens is 2. The van der Waals surface area contributed by atoms with Crippen molar-refractivity contribution in [2.75, 3.05) is 6.54 Å². The first-order chi connectivity index (χ1) is 10.2. The summed E-state index contributed by atoms with van der Waals surface area (Å²) < 4.78 is 21.7. The van der Waals surface area contributed by atoms with Gasteiger partial charge in [-0.05, 0) is 26.5 Å². The van der Waals surface area contributed by atoms with Crippen molar-refractivity contribution in [3.8, 4) is 5.75 Å². The maximum atomic E-state index is 14.1. The number of ether oxygens (including phenoxy) is 1. The van der Waals surface area contributed by atoms with Crippen LogP contribution in [0.3, 0.4) is 0 Å². The van der Waals surface area contributed by atoms with Crippen LogP contribution >= 0.6 is 0 Å². The number of hydrogen-bond donors (Lipinski definition) is 1. The van der Waals surface area contributed by atoms with E-state index >= 15 is 0 Å². The molecule has 2 aromatic rings. The predicted molar refractivity (Wildman–Crippen MR) is 80.7 cm³/mol. The molecule has 114 valence electrons. The number of nitrogens with zero attached hydrogens (tertiary/aromatic N) is 2. The van der Waals surface area contributed by atoms with E-state index in [1.165, 1.54) is 6.07 Å². The Morgan fingerprint density at radius 3 is 2.86 bits per heavy atom. The van der Waals surface area contributed by atoms with Gasteiger partial charge in [-0.15, -0.1) is 0 Å². The molecule has 5 heteroatoms. The van der Waals surface area contributed by atoms with Crippen molar-refractivity contribution in [3.63, 3.8) is 0 Å². The Morgan fingerprint density at radius 2 is 2.19 bits per heavy atom. The lowest BCUT2D eigenvalue weighted by Crippen LogP contribution is -2.18. The summed E-state index contributed by atoms with van der Waals surface area (Å²) in [6, 6.07) is 5.01. The van der Waals surface area contributed by atoms with Gasteiger partial charge in [0.15, 0.2) is 0 Å². The highest BCUT2D eigenvalue weighted by atomic mass is 19.1. The van der Waals surface area contributed by atoms with E-state index < -0.39 is 0 Å². The quantitative estimate of drug-likeness (QED) is 0.851. The standard InChI is InChI=1S/C16H22FN3O/c1-4-19-12(3)15-7-6-14(8-16(15)17)21-10-13-9-18-11-20(13)5-2/h6-9,11-12,19H,4-5,10H2,1-3H3. The minimum atomic E-state index is -0.245. The van der Waals surface area contributed by atoms with Crippen molar-refractivity contribution in [3.05, 3.63) is 47.8 Å². The molecule has 1 N–H and O–H groups in total. The van der Waals surface area contributed by atoms with Crippen molar-refractivity contribution in [2.45, 2.75) is 40.0 Å². The van der Waals surface area contributed by atoms with E-state index in [0.717, 1.165) is 18.8 Å². The molecule has 21 heavy (non-hydrogen) atoms. The van der Waals surface area contributed by atoms with Gasteiger partial charge in [-0.2, -0.15) is 0 Å². The van der Waals surface area contributed by atoms with Crippen LogP contribution in [0, 0.1) is 5.82 Å². The summed E-state index contributed by atoms with van der Waals surface area (Å²) in [4.78, 5) is 4.08. The fourth-order valence-corrected chi connectivity index (χ4v) is 2.28. The van der Waals surface area contributed by atoms with Crippen LogP contribution in [-0.2, 0) is 13.2 Å². The normalized spacial score (nSPS) is 12.4. The second-order valence-corrected chi connectivity index (χ2v) is 4.92. The van der Waals surface area contributed by atoms with Crippen LogP contribution in [0.1, 0.15) is 38.1 Å². The maximum absolute atomic E-state index is 14.1. The smallest absolute Gasteiger partial charge is 0.131 e. The molecule has 1 heterocycles. The Bertz CT molecular complexity index is 583. The van der Waals surface area contributed by atoms with Crippen molar-refractivity contribution < 1.29 is 9.13 Å². The van der Waals surface area contributed by atoms with Gasteiger partial charge in [-0.1, -0.05) is 13.0 Å². The third-order valence-electron chi connectivity index (χ3n) is 3.47. The summed E-state index contributed by atoms with van der Waals surface area (Å²) in [5.74, 6) is 0.286. The van der Waals surface area contributed by atoms with Gasteiger partial charge in [0.05, 0.1) is 18.2 Å². The number of nitrogens with one attached hydrogen (secondary N) is 1. The van der Waals surface area contributed by atoms with Crippen molar-refractivity contribution in [1.29, 1.82) is 0 Å². The van der Waals surface area contributed by atoms with E-state index in [4.69, 9.17) is 4.74 Å². The van der Waals surface area contributed by atoms with Gasteiger partial charge >= 0.3 is 0 Å². The molecule has 1 aromatic heterocycles. The van der Waals surface area contributed by atoms with Crippen molar-refractivity contribution >= 4 is 0 Å². The van der Waals surface area contributed by atoms with Crippen molar-refractivity contribution in [2.24, 2.45) is 0 Å². The van der Waals surface area contributed by atoms with Crippen molar-refractivity contribution in [1.82, 2.24) is 14.9 Å². The second kappa shape index (κ2) is 7.22. The molecule has 0 aliphatic carbocycles. The number of benzene rings is 1. The van der Waals surface area contributed by atoms with E-state index in [2.05, 4.69) is 10.3 Å². The van der Waals surface area contributed by atoms with Gasteiger partial charge in [0.2, 0.25) is 0 Å². The molecule has 1 unspecified atom stereocenters. The monoisotopic (exact) mass is 291 g/mol. The SMILES string of the molecule is CCNC(C)c1ccc(OCc2cncn2CC)cc1F. The van der Waals surface area contributed by atoms with Gasteiger partial charge in [-0.25, -0.2) is 9.37 Å². The van der Waals surface area contributed by atoms with Gasteiger partial charge < -0.3 is 14.6 Å². The van der Waals surface area contributed by atoms with E-state index in [1.807, 2.05) is 25.3 Å². The third kappa shape index (κ3) is 3.82. The molecule has 0 spiro atoms. The highest BCUT2D eigenvalue weighted by Crippen LogP contribution is 2.22. The first-order valence-corrected chi connectivity index (χ1v) is 7.30. The Kier molecular flexibility index (Phi) is 5.33. The highest BCUT2D eigenvalue weighted by Gasteiger charge is 2.11. The van der Waals surface area contributed by atoms with E-state index in [0.29, 0.717) is 17.9 Å². The van der Waals surface area contributed by atoms with E-state index in [9.17, 15) is 4.39 Å². The molecule has 0 aliphatic heterocycles. The highest BCUT2D eigenvalue weighted by molar-refractivity contribution is 5.30. The number of halogens is 1. The van der Waals surface area contributed by atoms with Crippen LogP contribution in [-0.4, -0.2) is 16.1 Å². The van der Waals surface area contributed by atoms with E-state index in [-0.39, 0.29) is 11.9 Å². The first kappa shape index (κ1) is 15.5. The fraction of sp³-hybridized carbons (Fsp3) is 0.438. The average molecular weight is 291 g/mol. The minimum Gasteiger partial charge on any atom is -0.487 e. The largest absolute Gasteiger partial charge is 0.487 e. The maximum Gasteiger partial charge on any atom is 0.131 e. The summed E-state index contributed by atoms with van der Waals surface area (Å²) in [7, 11) is 0. The molecule has 1 atom stereocenters. The molecule has 0 amide bonds. The van der Waals surface area contributed by atoms with Crippen LogP contribution in [0.25, 0.3) is 0 Å². The Balaban J connectivity index is 2.03. The molecule has 0 saturated heterocycles. The molecule has 2 rings (SSSR count). The Labute approximate surface area is 125 Å². The molecular formula is C16H22FN3O.